The molecule has 1 aliphatic heterocycles. The van der Waals surface area contributed by atoms with E-state index in [2.05, 4.69) is 58.1 Å². The highest BCUT2D eigenvalue weighted by Crippen LogP contribution is 2.36. The number of nitrogens with one attached hydrogen (secondary N) is 1. The molecular weight excluding hydrogens is 440 g/mol. The maximum absolute atomic E-state index is 13.2. The zero-order chi connectivity index (χ0) is 24.2. The topological polar surface area (TPSA) is 85.2 Å². The van der Waals surface area contributed by atoms with Gasteiger partial charge in [0.05, 0.1) is 18.0 Å². The molecule has 2 heterocycles. The molecule has 35 heavy (non-hydrogen) atoms. The second-order valence-electron chi connectivity index (χ2n) is 8.26. The molecule has 5 rings (SSSR count). The number of aromatic nitrogens is 4. The van der Waals surface area contributed by atoms with Crippen molar-refractivity contribution >= 4 is 23.2 Å². The van der Waals surface area contributed by atoms with Gasteiger partial charge in [-0.3, -0.25) is 9.69 Å². The first-order chi connectivity index (χ1) is 17.1. The molecule has 176 valence electrons. The third-order valence-corrected chi connectivity index (χ3v) is 5.84. The summed E-state index contributed by atoms with van der Waals surface area (Å²) in [7, 11) is 0. The minimum atomic E-state index is -0.206. The van der Waals surface area contributed by atoms with E-state index in [-0.39, 0.29) is 18.5 Å². The molecule has 1 amide bonds. The SMILES string of the molecule is CCOc1ccccc1NC(=O)CN1C(c2ccccc2)=C[C@H](c2ccc(C)cc2)n2nnnc21. The van der Waals surface area contributed by atoms with E-state index in [0.29, 0.717) is 24.0 Å². The normalized spacial score (nSPS) is 14.7. The number of ether oxygens (including phenoxy) is 1. The number of fused-ring (bicyclic) bond motifs is 1. The van der Waals surface area contributed by atoms with Crippen LogP contribution >= 0.6 is 0 Å². The fourth-order valence-corrected chi connectivity index (χ4v) is 4.17. The van der Waals surface area contributed by atoms with Crippen molar-refractivity contribution in [3.63, 3.8) is 0 Å². The number of amides is 1. The molecule has 0 saturated carbocycles. The van der Waals surface area contributed by atoms with Gasteiger partial charge < -0.3 is 10.1 Å². The number of hydrogen-bond acceptors (Lipinski definition) is 6. The van der Waals surface area contributed by atoms with Crippen molar-refractivity contribution in [2.24, 2.45) is 0 Å². The summed E-state index contributed by atoms with van der Waals surface area (Å²) < 4.78 is 7.41. The second-order valence-corrected chi connectivity index (χ2v) is 8.26. The van der Waals surface area contributed by atoms with Crippen molar-refractivity contribution in [1.29, 1.82) is 0 Å². The summed E-state index contributed by atoms with van der Waals surface area (Å²) in [5.74, 6) is 0.928. The summed E-state index contributed by atoms with van der Waals surface area (Å²) in [6.45, 7) is 4.51. The van der Waals surface area contributed by atoms with Gasteiger partial charge in [0.2, 0.25) is 5.91 Å². The van der Waals surface area contributed by atoms with Gasteiger partial charge in [-0.05, 0) is 53.6 Å². The molecule has 0 spiro atoms. The van der Waals surface area contributed by atoms with Gasteiger partial charge >= 0.3 is 0 Å². The van der Waals surface area contributed by atoms with Crippen LogP contribution in [0.15, 0.2) is 84.9 Å². The quantitative estimate of drug-likeness (QED) is 0.433. The first-order valence-electron chi connectivity index (χ1n) is 11.5. The molecule has 0 saturated heterocycles. The lowest BCUT2D eigenvalue weighted by molar-refractivity contribution is -0.114. The van der Waals surface area contributed by atoms with Crippen molar-refractivity contribution < 1.29 is 9.53 Å². The number of benzene rings is 3. The summed E-state index contributed by atoms with van der Waals surface area (Å²) in [6, 6.07) is 25.5. The maximum atomic E-state index is 13.2. The lowest BCUT2D eigenvalue weighted by Gasteiger charge is -2.32. The molecule has 1 aliphatic rings. The van der Waals surface area contributed by atoms with E-state index in [1.165, 1.54) is 5.56 Å². The summed E-state index contributed by atoms with van der Waals surface area (Å²) in [5.41, 5.74) is 4.71. The van der Waals surface area contributed by atoms with Crippen LogP contribution in [0.2, 0.25) is 0 Å². The summed E-state index contributed by atoms with van der Waals surface area (Å²) in [4.78, 5) is 15.1. The maximum Gasteiger partial charge on any atom is 0.251 e. The van der Waals surface area contributed by atoms with E-state index in [0.717, 1.165) is 16.8 Å². The molecule has 8 heteroatoms. The van der Waals surface area contributed by atoms with E-state index in [1.807, 2.05) is 66.4 Å². The van der Waals surface area contributed by atoms with Crippen LogP contribution in [-0.2, 0) is 4.79 Å². The van der Waals surface area contributed by atoms with E-state index in [1.54, 1.807) is 4.68 Å². The minimum absolute atomic E-state index is 0.0299. The van der Waals surface area contributed by atoms with Crippen LogP contribution in [0.3, 0.4) is 0 Å². The Morgan fingerprint density at radius 3 is 2.51 bits per heavy atom. The zero-order valence-corrected chi connectivity index (χ0v) is 19.6. The average Bonchev–Trinajstić information content (AvgIpc) is 3.37. The Morgan fingerprint density at radius 1 is 1.00 bits per heavy atom. The number of rotatable bonds is 7. The number of nitrogens with zero attached hydrogens (tertiary/aromatic N) is 5. The molecule has 0 radical (unpaired) electrons. The predicted molar refractivity (Wildman–Crippen MR) is 135 cm³/mol. The Hall–Kier alpha value is -4.46. The second kappa shape index (κ2) is 9.80. The molecule has 3 aromatic carbocycles. The van der Waals surface area contributed by atoms with Crippen LogP contribution in [0.1, 0.15) is 29.7 Å². The highest BCUT2D eigenvalue weighted by atomic mass is 16.5. The number of hydrogen-bond donors (Lipinski definition) is 1. The lowest BCUT2D eigenvalue weighted by Crippen LogP contribution is -2.37. The molecular formula is C27H26N6O2. The third-order valence-electron chi connectivity index (χ3n) is 5.84. The average molecular weight is 467 g/mol. The summed E-state index contributed by atoms with van der Waals surface area (Å²) in [5, 5.41) is 15.5. The standard InChI is InChI=1S/C27H26N6O2/c1-3-35-25-12-8-7-11-22(25)28-26(34)18-32-23(20-9-5-4-6-10-20)17-24(33-27(32)29-30-31-33)21-15-13-19(2)14-16-21/h4-17,24H,3,18H2,1-2H3,(H,28,34)/t24-/m1/s1. The first-order valence-corrected chi connectivity index (χ1v) is 11.5. The Labute approximate surface area is 203 Å². The van der Waals surface area contributed by atoms with Gasteiger partial charge in [0.25, 0.3) is 5.95 Å². The molecule has 1 atom stereocenters. The third kappa shape index (κ3) is 4.63. The van der Waals surface area contributed by atoms with Gasteiger partial charge in [-0.25, -0.2) is 0 Å². The smallest absolute Gasteiger partial charge is 0.251 e. The molecule has 1 N–H and O–H groups in total. The van der Waals surface area contributed by atoms with E-state index in [4.69, 9.17) is 4.74 Å². The Kier molecular flexibility index (Phi) is 6.26. The van der Waals surface area contributed by atoms with E-state index in [9.17, 15) is 4.79 Å². The predicted octanol–water partition coefficient (Wildman–Crippen LogP) is 4.47. The number of anilines is 2. The largest absolute Gasteiger partial charge is 0.492 e. The zero-order valence-electron chi connectivity index (χ0n) is 19.6. The summed E-state index contributed by atoms with van der Waals surface area (Å²) in [6.07, 6.45) is 2.10. The number of carbonyl (C=O) groups is 1. The monoisotopic (exact) mass is 466 g/mol. The van der Waals surface area contributed by atoms with Crippen molar-refractivity contribution in [3.8, 4) is 5.75 Å². The molecule has 4 aromatic rings. The van der Waals surface area contributed by atoms with Gasteiger partial charge in [0, 0.05) is 0 Å². The van der Waals surface area contributed by atoms with Crippen LogP contribution in [0.4, 0.5) is 11.6 Å². The van der Waals surface area contributed by atoms with Crippen molar-refractivity contribution in [3.05, 3.63) is 102 Å². The lowest BCUT2D eigenvalue weighted by atomic mass is 10.00. The van der Waals surface area contributed by atoms with E-state index >= 15 is 0 Å². The molecule has 8 nitrogen and oxygen atoms in total. The Bertz CT molecular complexity index is 1350. The number of para-hydroxylation sites is 2. The summed E-state index contributed by atoms with van der Waals surface area (Å²) >= 11 is 0. The molecule has 0 fully saturated rings. The Morgan fingerprint density at radius 2 is 1.74 bits per heavy atom. The highest BCUT2D eigenvalue weighted by Gasteiger charge is 2.32. The van der Waals surface area contributed by atoms with Crippen molar-refractivity contribution in [2.45, 2.75) is 19.9 Å². The molecule has 0 bridgehead atoms. The fourth-order valence-electron chi connectivity index (χ4n) is 4.17. The van der Waals surface area contributed by atoms with Crippen molar-refractivity contribution in [1.82, 2.24) is 20.2 Å². The highest BCUT2D eigenvalue weighted by molar-refractivity contribution is 5.98. The fraction of sp³-hybridized carbons (Fsp3) is 0.185. The van der Waals surface area contributed by atoms with Gasteiger partial charge in [-0.2, -0.15) is 4.68 Å². The van der Waals surface area contributed by atoms with Gasteiger partial charge in [0.15, 0.2) is 0 Å². The van der Waals surface area contributed by atoms with Crippen LogP contribution in [0.25, 0.3) is 5.70 Å². The Balaban J connectivity index is 1.50. The van der Waals surface area contributed by atoms with E-state index < -0.39 is 0 Å². The van der Waals surface area contributed by atoms with Gasteiger partial charge in [0.1, 0.15) is 18.3 Å². The van der Waals surface area contributed by atoms with Crippen LogP contribution < -0.4 is 15.0 Å². The first kappa shape index (κ1) is 22.3. The van der Waals surface area contributed by atoms with Gasteiger partial charge in [-0.15, -0.1) is 0 Å². The van der Waals surface area contributed by atoms with Crippen molar-refractivity contribution in [2.75, 3.05) is 23.4 Å². The number of allylic oxidation sites excluding steroid dienone is 1. The van der Waals surface area contributed by atoms with Crippen LogP contribution in [0.5, 0.6) is 5.75 Å². The molecule has 1 aromatic heterocycles. The number of carbonyl (C=O) groups excluding carboxylic acids is 1. The minimum Gasteiger partial charge on any atom is -0.492 e. The molecule has 0 unspecified atom stereocenters. The van der Waals surface area contributed by atoms with Gasteiger partial charge in [-0.1, -0.05) is 77.4 Å². The van der Waals surface area contributed by atoms with Crippen LogP contribution in [0, 0.1) is 6.92 Å². The van der Waals surface area contributed by atoms with Crippen LogP contribution in [-0.4, -0.2) is 39.3 Å². The number of tetrazole rings is 1. The molecule has 0 aliphatic carbocycles. The number of aryl methyl sites for hydroxylation is 1.